The monoisotopic (exact) mass is 365 g/mol. The number of amides is 1. The van der Waals surface area contributed by atoms with E-state index in [1.165, 1.54) is 5.56 Å². The summed E-state index contributed by atoms with van der Waals surface area (Å²) >= 11 is 6.11. The van der Waals surface area contributed by atoms with E-state index < -0.39 is 0 Å². The van der Waals surface area contributed by atoms with Crippen molar-refractivity contribution in [1.29, 1.82) is 0 Å². The second-order valence-corrected chi connectivity index (χ2v) is 7.40. The molecule has 3 aromatic rings. The van der Waals surface area contributed by atoms with Crippen molar-refractivity contribution in [2.45, 2.75) is 32.1 Å². The SMILES string of the molecule is CC(C)c1ccc([C@H]2CC(=O)Nc3c2cnn3-c2cccc(Cl)c2)cc1. The summed E-state index contributed by atoms with van der Waals surface area (Å²) in [5, 5.41) is 8.12. The smallest absolute Gasteiger partial charge is 0.226 e. The first-order valence-electron chi connectivity index (χ1n) is 8.76. The zero-order chi connectivity index (χ0) is 18.3. The highest BCUT2D eigenvalue weighted by molar-refractivity contribution is 6.30. The largest absolute Gasteiger partial charge is 0.310 e. The molecule has 0 saturated heterocycles. The lowest BCUT2D eigenvalue weighted by Crippen LogP contribution is -2.24. The normalized spacial score (nSPS) is 16.5. The minimum absolute atomic E-state index is 0.000728. The summed E-state index contributed by atoms with van der Waals surface area (Å²) in [4.78, 5) is 12.4. The van der Waals surface area contributed by atoms with Crippen LogP contribution in [0.3, 0.4) is 0 Å². The fraction of sp³-hybridized carbons (Fsp3) is 0.238. The lowest BCUT2D eigenvalue weighted by atomic mass is 9.86. The molecule has 1 aliphatic rings. The topological polar surface area (TPSA) is 46.9 Å². The molecule has 0 spiro atoms. The molecule has 1 aromatic heterocycles. The van der Waals surface area contributed by atoms with Crippen LogP contribution in [0, 0.1) is 0 Å². The molecule has 0 bridgehead atoms. The van der Waals surface area contributed by atoms with E-state index >= 15 is 0 Å². The molecule has 0 saturated carbocycles. The number of nitrogens with zero attached hydrogens (tertiary/aromatic N) is 2. The van der Waals surface area contributed by atoms with Crippen molar-refractivity contribution in [2.75, 3.05) is 5.32 Å². The van der Waals surface area contributed by atoms with E-state index in [0.717, 1.165) is 22.6 Å². The molecule has 2 heterocycles. The maximum atomic E-state index is 12.4. The lowest BCUT2D eigenvalue weighted by Gasteiger charge is -2.24. The van der Waals surface area contributed by atoms with E-state index in [0.29, 0.717) is 17.4 Å². The molecule has 0 aliphatic carbocycles. The molecule has 1 aliphatic heterocycles. The highest BCUT2D eigenvalue weighted by Gasteiger charge is 2.30. The van der Waals surface area contributed by atoms with Crippen LogP contribution in [0.1, 0.15) is 48.8 Å². The van der Waals surface area contributed by atoms with E-state index in [1.54, 1.807) is 4.68 Å². The zero-order valence-electron chi connectivity index (χ0n) is 14.7. The average Bonchev–Trinajstić information content (AvgIpc) is 3.05. The number of hydrogen-bond donors (Lipinski definition) is 1. The van der Waals surface area contributed by atoms with Crippen LogP contribution >= 0.6 is 11.6 Å². The number of benzene rings is 2. The van der Waals surface area contributed by atoms with Crippen molar-refractivity contribution in [3.05, 3.63) is 76.4 Å². The number of carbonyl (C=O) groups is 1. The number of anilines is 1. The Morgan fingerprint density at radius 2 is 1.96 bits per heavy atom. The van der Waals surface area contributed by atoms with Gasteiger partial charge < -0.3 is 5.32 Å². The molecule has 4 nitrogen and oxygen atoms in total. The molecule has 2 aromatic carbocycles. The maximum absolute atomic E-state index is 12.4. The van der Waals surface area contributed by atoms with Crippen molar-refractivity contribution in [3.63, 3.8) is 0 Å². The third-order valence-electron chi connectivity index (χ3n) is 4.88. The number of fused-ring (bicyclic) bond motifs is 1. The molecule has 1 amide bonds. The summed E-state index contributed by atoms with van der Waals surface area (Å²) in [5.41, 5.74) is 4.29. The predicted molar refractivity (Wildman–Crippen MR) is 104 cm³/mol. The summed E-state index contributed by atoms with van der Waals surface area (Å²) in [6.07, 6.45) is 2.27. The number of carbonyl (C=O) groups excluding carboxylic acids is 1. The molecule has 0 fully saturated rings. The molecule has 0 radical (unpaired) electrons. The predicted octanol–water partition coefficient (Wildman–Crippen LogP) is 5.12. The van der Waals surface area contributed by atoms with E-state index in [4.69, 9.17) is 11.6 Å². The van der Waals surface area contributed by atoms with Gasteiger partial charge in [-0.2, -0.15) is 5.10 Å². The fourth-order valence-corrected chi connectivity index (χ4v) is 3.62. The molecular formula is C21H20ClN3O. The summed E-state index contributed by atoms with van der Waals surface area (Å²) < 4.78 is 1.74. The van der Waals surface area contributed by atoms with Gasteiger partial charge in [0.05, 0.1) is 11.9 Å². The van der Waals surface area contributed by atoms with E-state index in [1.807, 2.05) is 30.5 Å². The number of aromatic nitrogens is 2. The first-order chi connectivity index (χ1) is 12.5. The van der Waals surface area contributed by atoms with Crippen molar-refractivity contribution < 1.29 is 4.79 Å². The first kappa shape index (κ1) is 16.9. The third kappa shape index (κ3) is 3.01. The van der Waals surface area contributed by atoms with Crippen LogP contribution in [0.5, 0.6) is 0 Å². The Morgan fingerprint density at radius 3 is 2.65 bits per heavy atom. The highest BCUT2D eigenvalue weighted by atomic mass is 35.5. The standard InChI is InChI=1S/C21H20ClN3O/c1-13(2)14-6-8-15(9-7-14)18-11-20(26)24-21-19(18)12-23-25(21)17-5-3-4-16(22)10-17/h3-10,12-13,18H,11H2,1-2H3,(H,24,26)/t18-/m1/s1. The minimum atomic E-state index is -0.000728. The van der Waals surface area contributed by atoms with Crippen LogP contribution in [0.25, 0.3) is 5.69 Å². The van der Waals surface area contributed by atoms with Crippen molar-refractivity contribution in [3.8, 4) is 5.69 Å². The zero-order valence-corrected chi connectivity index (χ0v) is 15.5. The van der Waals surface area contributed by atoms with Gasteiger partial charge >= 0.3 is 0 Å². The molecule has 0 unspecified atom stereocenters. The fourth-order valence-electron chi connectivity index (χ4n) is 3.43. The van der Waals surface area contributed by atoms with Gasteiger partial charge in [-0.05, 0) is 35.2 Å². The van der Waals surface area contributed by atoms with Gasteiger partial charge in [0.2, 0.25) is 5.91 Å². The van der Waals surface area contributed by atoms with Crippen LogP contribution in [0.15, 0.2) is 54.7 Å². The summed E-state index contributed by atoms with van der Waals surface area (Å²) in [5.74, 6) is 1.22. The Bertz CT molecular complexity index is 960. The summed E-state index contributed by atoms with van der Waals surface area (Å²) in [7, 11) is 0. The van der Waals surface area contributed by atoms with E-state index in [-0.39, 0.29) is 11.8 Å². The number of hydrogen-bond acceptors (Lipinski definition) is 2. The Morgan fingerprint density at radius 1 is 1.19 bits per heavy atom. The molecule has 1 N–H and O–H groups in total. The molecule has 1 atom stereocenters. The Labute approximate surface area is 157 Å². The van der Waals surface area contributed by atoms with Crippen LogP contribution in [0.4, 0.5) is 5.82 Å². The highest BCUT2D eigenvalue weighted by Crippen LogP contribution is 2.38. The second-order valence-electron chi connectivity index (χ2n) is 6.97. The van der Waals surface area contributed by atoms with Gasteiger partial charge in [0.1, 0.15) is 5.82 Å². The molecular weight excluding hydrogens is 346 g/mol. The molecule has 132 valence electrons. The van der Waals surface area contributed by atoms with Crippen LogP contribution < -0.4 is 5.32 Å². The quantitative estimate of drug-likeness (QED) is 0.700. The van der Waals surface area contributed by atoms with Gasteiger partial charge in [-0.25, -0.2) is 4.68 Å². The van der Waals surface area contributed by atoms with Crippen molar-refractivity contribution >= 4 is 23.3 Å². The molecule has 4 rings (SSSR count). The third-order valence-corrected chi connectivity index (χ3v) is 5.11. The van der Waals surface area contributed by atoms with Gasteiger partial charge in [-0.3, -0.25) is 4.79 Å². The minimum Gasteiger partial charge on any atom is -0.310 e. The number of rotatable bonds is 3. The van der Waals surface area contributed by atoms with Gasteiger partial charge in [0.15, 0.2) is 0 Å². The number of halogens is 1. The summed E-state index contributed by atoms with van der Waals surface area (Å²) in [6.45, 7) is 4.35. The van der Waals surface area contributed by atoms with Crippen LogP contribution in [0.2, 0.25) is 5.02 Å². The first-order valence-corrected chi connectivity index (χ1v) is 9.14. The van der Waals surface area contributed by atoms with Gasteiger partial charge in [-0.15, -0.1) is 0 Å². The van der Waals surface area contributed by atoms with Gasteiger partial charge in [-0.1, -0.05) is 55.8 Å². The Kier molecular flexibility index (Phi) is 4.29. The van der Waals surface area contributed by atoms with Crippen molar-refractivity contribution in [2.24, 2.45) is 0 Å². The summed E-state index contributed by atoms with van der Waals surface area (Å²) in [6, 6.07) is 16.0. The molecule has 5 heteroatoms. The van der Waals surface area contributed by atoms with E-state index in [2.05, 4.69) is 48.5 Å². The van der Waals surface area contributed by atoms with Crippen molar-refractivity contribution in [1.82, 2.24) is 9.78 Å². The second kappa shape index (κ2) is 6.61. The van der Waals surface area contributed by atoms with Crippen LogP contribution in [-0.2, 0) is 4.79 Å². The maximum Gasteiger partial charge on any atom is 0.226 e. The van der Waals surface area contributed by atoms with E-state index in [9.17, 15) is 4.79 Å². The van der Waals surface area contributed by atoms with Gasteiger partial charge in [0, 0.05) is 22.9 Å². The van der Waals surface area contributed by atoms with Gasteiger partial charge in [0.25, 0.3) is 0 Å². The average molecular weight is 366 g/mol. The number of nitrogens with one attached hydrogen (secondary N) is 1. The Hall–Kier alpha value is -2.59. The lowest BCUT2D eigenvalue weighted by molar-refractivity contribution is -0.116. The van der Waals surface area contributed by atoms with Crippen LogP contribution in [-0.4, -0.2) is 15.7 Å². The molecule has 26 heavy (non-hydrogen) atoms. The Balaban J connectivity index is 1.76.